The second-order valence-corrected chi connectivity index (χ2v) is 14.3. The molecule has 5 heterocycles. The first-order valence-corrected chi connectivity index (χ1v) is 17.3. The van der Waals surface area contributed by atoms with E-state index in [9.17, 15) is 19.5 Å². The number of amides is 1. The number of esters is 1. The number of nitrogens with zero attached hydrogens (tertiary/aromatic N) is 6. The normalized spacial score (nSPS) is 19.0. The summed E-state index contributed by atoms with van der Waals surface area (Å²) in [6.45, 7) is 12.6. The molecular formula is C37H42F2N6O7. The summed E-state index contributed by atoms with van der Waals surface area (Å²) in [4.78, 5) is 57.3. The maximum atomic E-state index is 16.4. The van der Waals surface area contributed by atoms with E-state index in [0.29, 0.717) is 5.69 Å². The van der Waals surface area contributed by atoms with Crippen molar-refractivity contribution < 1.29 is 37.7 Å². The highest BCUT2D eigenvalue weighted by molar-refractivity contribution is 5.91. The number of benzene rings is 1. The first kappa shape index (κ1) is 36.6. The monoisotopic (exact) mass is 720 g/mol. The van der Waals surface area contributed by atoms with Gasteiger partial charge in [-0.1, -0.05) is 26.8 Å². The Labute approximate surface area is 299 Å². The van der Waals surface area contributed by atoms with Crippen molar-refractivity contribution in [2.75, 3.05) is 31.1 Å². The lowest BCUT2D eigenvalue weighted by Crippen LogP contribution is -2.55. The van der Waals surface area contributed by atoms with Gasteiger partial charge in [-0.05, 0) is 57.9 Å². The zero-order valence-corrected chi connectivity index (χ0v) is 30.1. The molecule has 0 radical (unpaired) electrons. The molecule has 0 saturated carbocycles. The molecule has 4 aromatic rings. The number of anilines is 1. The Morgan fingerprint density at radius 1 is 1.12 bits per heavy atom. The maximum Gasteiger partial charge on any atom is 0.410 e. The lowest BCUT2D eigenvalue weighted by Gasteiger charge is -2.41. The fraction of sp³-hybridized carbons (Fsp3) is 0.459. The molecular weight excluding hydrogens is 678 g/mol. The summed E-state index contributed by atoms with van der Waals surface area (Å²) < 4.78 is 50.5. The number of aliphatic hydroxyl groups excluding tert-OH is 1. The van der Waals surface area contributed by atoms with E-state index in [1.54, 1.807) is 37.5 Å². The van der Waals surface area contributed by atoms with E-state index in [1.165, 1.54) is 24.4 Å². The zero-order valence-electron chi connectivity index (χ0n) is 30.1. The Kier molecular flexibility index (Phi) is 9.92. The summed E-state index contributed by atoms with van der Waals surface area (Å²) in [5.74, 6) is -2.75. The van der Waals surface area contributed by atoms with Crippen molar-refractivity contribution in [3.05, 3.63) is 69.9 Å². The molecule has 1 amide bonds. The fourth-order valence-electron chi connectivity index (χ4n) is 6.54. The maximum absolute atomic E-state index is 16.4. The summed E-state index contributed by atoms with van der Waals surface area (Å²) in [7, 11) is 0. The number of carbonyl (C=O) groups excluding carboxylic acids is 2. The van der Waals surface area contributed by atoms with Gasteiger partial charge in [0.15, 0.2) is 17.6 Å². The molecule has 2 unspecified atom stereocenters. The van der Waals surface area contributed by atoms with E-state index in [-0.39, 0.29) is 71.4 Å². The van der Waals surface area contributed by atoms with Gasteiger partial charge in [0.2, 0.25) is 0 Å². The third-order valence-corrected chi connectivity index (χ3v) is 8.93. The molecule has 6 rings (SSSR count). The molecule has 2 aliphatic heterocycles. The molecule has 1 fully saturated rings. The van der Waals surface area contributed by atoms with Crippen molar-refractivity contribution in [3.63, 3.8) is 0 Å². The van der Waals surface area contributed by atoms with Crippen LogP contribution in [-0.2, 0) is 14.3 Å². The molecule has 13 nitrogen and oxygen atoms in total. The van der Waals surface area contributed by atoms with E-state index in [4.69, 9.17) is 14.2 Å². The Balaban J connectivity index is 1.65. The van der Waals surface area contributed by atoms with Gasteiger partial charge in [0.1, 0.15) is 41.4 Å². The van der Waals surface area contributed by atoms with Gasteiger partial charge in [-0.15, -0.1) is 0 Å². The summed E-state index contributed by atoms with van der Waals surface area (Å²) >= 11 is 0. The fourth-order valence-corrected chi connectivity index (χ4v) is 6.54. The van der Waals surface area contributed by atoms with Crippen LogP contribution in [0.5, 0.6) is 5.75 Å². The average Bonchev–Trinajstić information content (AvgIpc) is 3.08. The van der Waals surface area contributed by atoms with Crippen molar-refractivity contribution in [1.29, 1.82) is 0 Å². The number of rotatable bonds is 4. The Morgan fingerprint density at radius 2 is 1.87 bits per heavy atom. The average molecular weight is 721 g/mol. The van der Waals surface area contributed by atoms with E-state index < -0.39 is 65.5 Å². The molecule has 0 aliphatic carbocycles. The van der Waals surface area contributed by atoms with Crippen LogP contribution in [0.4, 0.5) is 19.4 Å². The van der Waals surface area contributed by atoms with E-state index in [1.807, 2.05) is 20.8 Å². The molecule has 3 atom stereocenters. The Bertz CT molecular complexity index is 2100. The standard InChI is InChI=1S/C37H42F2N6O7/c1-8-27(47)51-32-21-12-13-40-29(19(2)3)31(21)45-34-22(16-24(39)30(41-34)28-23(38)10-9-11-26(28)50-18-25(32)46)33(42-35(45)48)44-15-14-43(17-20(44)4)36(49)52-37(5,6)7/h9-13,16,19-20,25,32,46H,8,14-15,17-18H2,1-7H3/t20-,25?,32?/m0/s1. The van der Waals surface area contributed by atoms with Gasteiger partial charge in [-0.2, -0.15) is 4.98 Å². The number of ether oxygens (including phenoxy) is 3. The van der Waals surface area contributed by atoms with E-state index >= 15 is 8.78 Å². The first-order valence-electron chi connectivity index (χ1n) is 17.3. The quantitative estimate of drug-likeness (QED) is 0.269. The molecule has 2 aliphatic rings. The minimum Gasteiger partial charge on any atom is -0.490 e. The van der Waals surface area contributed by atoms with Crippen LogP contribution in [-0.4, -0.2) is 85.6 Å². The molecule has 0 spiro atoms. The van der Waals surface area contributed by atoms with E-state index in [2.05, 4.69) is 15.0 Å². The molecule has 1 N–H and O–H groups in total. The van der Waals surface area contributed by atoms with Crippen molar-refractivity contribution in [3.8, 4) is 22.7 Å². The number of aromatic nitrogens is 4. The van der Waals surface area contributed by atoms with Crippen LogP contribution in [0.25, 0.3) is 28.0 Å². The van der Waals surface area contributed by atoms with Crippen LogP contribution in [0.15, 0.2) is 41.3 Å². The molecule has 15 heteroatoms. The summed E-state index contributed by atoms with van der Waals surface area (Å²) in [5, 5.41) is 11.7. The van der Waals surface area contributed by atoms with Gasteiger partial charge in [0.05, 0.1) is 22.3 Å². The van der Waals surface area contributed by atoms with Crippen molar-refractivity contribution in [1.82, 2.24) is 24.4 Å². The molecule has 2 bridgehead atoms. The van der Waals surface area contributed by atoms with Gasteiger partial charge in [0, 0.05) is 43.9 Å². The zero-order chi connectivity index (χ0) is 37.6. The van der Waals surface area contributed by atoms with Crippen LogP contribution in [0.3, 0.4) is 0 Å². The van der Waals surface area contributed by atoms with E-state index in [0.717, 1.165) is 16.7 Å². The minimum atomic E-state index is -1.52. The summed E-state index contributed by atoms with van der Waals surface area (Å²) in [5.41, 5.74) is -1.68. The van der Waals surface area contributed by atoms with Gasteiger partial charge >= 0.3 is 17.8 Å². The van der Waals surface area contributed by atoms with Gasteiger partial charge < -0.3 is 29.1 Å². The lowest BCUT2D eigenvalue weighted by atomic mass is 9.97. The number of hydrogen-bond donors (Lipinski definition) is 1. The van der Waals surface area contributed by atoms with Gasteiger partial charge in [-0.25, -0.2) is 27.9 Å². The molecule has 1 aromatic carbocycles. The Morgan fingerprint density at radius 3 is 2.54 bits per heavy atom. The number of fused-ring (bicyclic) bond motifs is 5. The van der Waals surface area contributed by atoms with Crippen LogP contribution in [0, 0.1) is 11.6 Å². The summed E-state index contributed by atoms with van der Waals surface area (Å²) in [6.07, 6.45) is -1.92. The molecule has 3 aromatic heterocycles. The highest BCUT2D eigenvalue weighted by atomic mass is 19.1. The van der Waals surface area contributed by atoms with Crippen LogP contribution in [0.1, 0.15) is 78.2 Å². The number of hydrogen-bond acceptors (Lipinski definition) is 11. The van der Waals surface area contributed by atoms with Crippen molar-refractivity contribution in [2.24, 2.45) is 0 Å². The van der Waals surface area contributed by atoms with Gasteiger partial charge in [-0.3, -0.25) is 9.78 Å². The molecule has 276 valence electrons. The van der Waals surface area contributed by atoms with Crippen molar-refractivity contribution in [2.45, 2.75) is 84.7 Å². The number of piperazine rings is 1. The Hall–Kier alpha value is -5.18. The second-order valence-electron chi connectivity index (χ2n) is 14.3. The number of halogens is 2. The topological polar surface area (TPSA) is 149 Å². The predicted molar refractivity (Wildman–Crippen MR) is 188 cm³/mol. The third-order valence-electron chi connectivity index (χ3n) is 8.93. The second kappa shape index (κ2) is 14.1. The predicted octanol–water partition coefficient (Wildman–Crippen LogP) is 5.44. The van der Waals surface area contributed by atoms with Crippen LogP contribution < -0.4 is 15.3 Å². The van der Waals surface area contributed by atoms with Crippen molar-refractivity contribution >= 4 is 28.9 Å². The summed E-state index contributed by atoms with van der Waals surface area (Å²) in [6, 6.07) is 6.16. The number of carbonyl (C=O) groups is 2. The van der Waals surface area contributed by atoms with Crippen LogP contribution >= 0.6 is 0 Å². The lowest BCUT2D eigenvalue weighted by molar-refractivity contribution is -0.156. The smallest absolute Gasteiger partial charge is 0.410 e. The molecule has 1 saturated heterocycles. The largest absolute Gasteiger partial charge is 0.490 e. The first-order chi connectivity index (χ1) is 24.6. The van der Waals surface area contributed by atoms with Gasteiger partial charge in [0.25, 0.3) is 0 Å². The number of pyridine rings is 2. The van der Waals surface area contributed by atoms with Crippen LogP contribution in [0.2, 0.25) is 0 Å². The minimum absolute atomic E-state index is 0.0156. The number of aliphatic hydroxyl groups is 1. The highest BCUT2D eigenvalue weighted by Gasteiger charge is 2.36. The SMILES string of the molecule is CCC(=O)OC1c2ccnc(C(C)C)c2-n2c(=O)nc(N3CCN(C(=O)OC(C)(C)C)C[C@@H]3C)c3cc(F)c(nc32)-c2c(F)cccc2OCC1O. The molecule has 52 heavy (non-hydrogen) atoms. The third kappa shape index (κ3) is 6.88. The highest BCUT2D eigenvalue weighted by Crippen LogP contribution is 2.40.